The number of hydrogen-bond acceptors (Lipinski definition) is 4. The summed E-state index contributed by atoms with van der Waals surface area (Å²) in [6.45, 7) is 1.94. The average Bonchev–Trinajstić information content (AvgIpc) is 2.81. The zero-order valence-corrected chi connectivity index (χ0v) is 13.7. The van der Waals surface area contributed by atoms with E-state index in [0.29, 0.717) is 0 Å². The second-order valence-electron chi connectivity index (χ2n) is 5.71. The predicted molar refractivity (Wildman–Crippen MR) is 85.4 cm³/mol. The summed E-state index contributed by atoms with van der Waals surface area (Å²) in [7, 11) is 0. The molecule has 0 unspecified atom stereocenters. The molecule has 0 radical (unpaired) electrons. The van der Waals surface area contributed by atoms with Gasteiger partial charge in [-0.05, 0) is 48.9 Å². The molecule has 0 spiro atoms. The fourth-order valence-electron chi connectivity index (χ4n) is 2.65. The van der Waals surface area contributed by atoms with Crippen molar-refractivity contribution in [3.63, 3.8) is 0 Å². The molecule has 2 aromatic rings. The Morgan fingerprint density at radius 1 is 1.15 bits per heavy atom. The number of nitrogens with zero attached hydrogens (tertiary/aromatic N) is 3. The number of amides is 3. The first-order valence-corrected chi connectivity index (χ1v) is 7.62. The molecule has 3 amide bonds. The van der Waals surface area contributed by atoms with Gasteiger partial charge in [-0.15, -0.1) is 13.2 Å². The van der Waals surface area contributed by atoms with Gasteiger partial charge in [-0.2, -0.15) is 0 Å². The van der Waals surface area contributed by atoms with E-state index in [1.54, 1.807) is 12.3 Å². The molecule has 1 aromatic carbocycles. The molecule has 6 nitrogen and oxygen atoms in total. The number of hydrogen-bond donors (Lipinski definition) is 0. The fraction of sp³-hybridized carbons (Fsp3) is 0.235. The van der Waals surface area contributed by atoms with Crippen LogP contribution in [-0.4, -0.2) is 34.7 Å². The largest absolute Gasteiger partial charge is 0.573 e. The molecule has 1 saturated heterocycles. The van der Waals surface area contributed by atoms with Crippen molar-refractivity contribution in [1.82, 2.24) is 9.88 Å². The zero-order valence-electron chi connectivity index (χ0n) is 13.7. The minimum absolute atomic E-state index is 0.110. The van der Waals surface area contributed by atoms with Gasteiger partial charge in [0.25, 0.3) is 5.91 Å². The maximum atomic E-state index is 12.5. The van der Waals surface area contributed by atoms with Crippen LogP contribution in [0.5, 0.6) is 5.75 Å². The highest BCUT2D eigenvalue weighted by Crippen LogP contribution is 2.28. The smallest absolute Gasteiger partial charge is 0.406 e. The molecule has 1 fully saturated rings. The number of ether oxygens (including phenoxy) is 1. The Hall–Kier alpha value is -3.10. The Balaban J connectivity index is 1.74. The number of anilines is 1. The van der Waals surface area contributed by atoms with Crippen LogP contribution in [0.15, 0.2) is 42.6 Å². The molecule has 136 valence electrons. The summed E-state index contributed by atoms with van der Waals surface area (Å²) >= 11 is 0. The maximum Gasteiger partial charge on any atom is 0.573 e. The van der Waals surface area contributed by atoms with E-state index < -0.39 is 24.1 Å². The second-order valence-corrected chi connectivity index (χ2v) is 5.71. The van der Waals surface area contributed by atoms with Gasteiger partial charge in [0.15, 0.2) is 0 Å². The SMILES string of the molecule is Cc1cc(CN2CC(=O)N(c3ccc(OC(F)(F)F)cc3)C2=O)ccn1. The Bertz CT molecular complexity index is 837. The van der Waals surface area contributed by atoms with E-state index in [2.05, 4.69) is 9.72 Å². The average molecular weight is 365 g/mol. The van der Waals surface area contributed by atoms with E-state index in [0.717, 1.165) is 28.3 Å². The molecular weight excluding hydrogens is 351 g/mol. The number of alkyl halides is 3. The quantitative estimate of drug-likeness (QED) is 0.781. The Labute approximate surface area is 146 Å². The number of urea groups is 1. The maximum absolute atomic E-state index is 12.5. The highest BCUT2D eigenvalue weighted by Gasteiger charge is 2.37. The number of carbonyl (C=O) groups excluding carboxylic acids is 2. The van der Waals surface area contributed by atoms with Gasteiger partial charge in [0.05, 0.1) is 5.69 Å². The van der Waals surface area contributed by atoms with E-state index in [4.69, 9.17) is 0 Å². The number of imide groups is 1. The van der Waals surface area contributed by atoms with Crippen molar-refractivity contribution < 1.29 is 27.5 Å². The number of aryl methyl sites for hydroxylation is 1. The number of pyridine rings is 1. The lowest BCUT2D eigenvalue weighted by Gasteiger charge is -2.17. The fourth-order valence-corrected chi connectivity index (χ4v) is 2.65. The monoisotopic (exact) mass is 365 g/mol. The first-order valence-electron chi connectivity index (χ1n) is 7.62. The Morgan fingerprint density at radius 2 is 1.85 bits per heavy atom. The molecule has 0 saturated carbocycles. The van der Waals surface area contributed by atoms with Crippen LogP contribution in [0.4, 0.5) is 23.7 Å². The Morgan fingerprint density at radius 3 is 2.46 bits per heavy atom. The molecule has 3 rings (SSSR count). The first kappa shape index (κ1) is 17.7. The molecule has 0 atom stereocenters. The number of aromatic nitrogens is 1. The summed E-state index contributed by atoms with van der Waals surface area (Å²) in [5.74, 6) is -0.880. The van der Waals surface area contributed by atoms with Gasteiger partial charge in [-0.3, -0.25) is 9.78 Å². The number of halogens is 3. The van der Waals surface area contributed by atoms with Crippen molar-refractivity contribution in [2.24, 2.45) is 0 Å². The van der Waals surface area contributed by atoms with Gasteiger partial charge < -0.3 is 9.64 Å². The molecule has 0 N–H and O–H groups in total. The van der Waals surface area contributed by atoms with E-state index in [9.17, 15) is 22.8 Å². The number of carbonyl (C=O) groups is 2. The topological polar surface area (TPSA) is 62.7 Å². The zero-order chi connectivity index (χ0) is 18.9. The van der Waals surface area contributed by atoms with Crippen molar-refractivity contribution in [3.8, 4) is 5.75 Å². The normalized spacial score (nSPS) is 14.9. The van der Waals surface area contributed by atoms with Crippen molar-refractivity contribution in [1.29, 1.82) is 0 Å². The molecule has 1 aromatic heterocycles. The van der Waals surface area contributed by atoms with Gasteiger partial charge in [0.2, 0.25) is 0 Å². The van der Waals surface area contributed by atoms with Crippen LogP contribution in [0.3, 0.4) is 0 Å². The summed E-state index contributed by atoms with van der Waals surface area (Å²) < 4.78 is 40.4. The van der Waals surface area contributed by atoms with Crippen LogP contribution >= 0.6 is 0 Å². The van der Waals surface area contributed by atoms with Gasteiger partial charge in [-0.1, -0.05) is 0 Å². The summed E-state index contributed by atoms with van der Waals surface area (Å²) in [4.78, 5) is 31.1. The predicted octanol–water partition coefficient (Wildman–Crippen LogP) is 3.26. The van der Waals surface area contributed by atoms with E-state index >= 15 is 0 Å². The van der Waals surface area contributed by atoms with Gasteiger partial charge in [-0.25, -0.2) is 9.69 Å². The second kappa shape index (κ2) is 6.66. The summed E-state index contributed by atoms with van der Waals surface area (Å²) in [5, 5.41) is 0. The minimum atomic E-state index is -4.81. The van der Waals surface area contributed by atoms with Crippen LogP contribution < -0.4 is 9.64 Å². The van der Waals surface area contributed by atoms with Gasteiger partial charge in [0.1, 0.15) is 12.3 Å². The minimum Gasteiger partial charge on any atom is -0.406 e. The van der Waals surface area contributed by atoms with E-state index in [-0.39, 0.29) is 18.8 Å². The molecular formula is C17H14F3N3O3. The first-order chi connectivity index (χ1) is 12.2. The molecule has 2 heterocycles. The van der Waals surface area contributed by atoms with Crippen LogP contribution in [0, 0.1) is 6.92 Å². The summed E-state index contributed by atoms with van der Waals surface area (Å²) in [6, 6.07) is 7.60. The third-order valence-corrected chi connectivity index (χ3v) is 3.70. The third-order valence-electron chi connectivity index (χ3n) is 3.70. The van der Waals surface area contributed by atoms with Crippen molar-refractivity contribution in [3.05, 3.63) is 53.9 Å². The highest BCUT2D eigenvalue weighted by atomic mass is 19.4. The summed E-state index contributed by atoms with van der Waals surface area (Å²) in [6.07, 6.45) is -3.19. The summed E-state index contributed by atoms with van der Waals surface area (Å²) in [5.41, 5.74) is 1.80. The third kappa shape index (κ3) is 3.93. The molecule has 1 aliphatic rings. The standard InChI is InChI=1S/C17H14F3N3O3/c1-11-8-12(6-7-21-11)9-22-10-15(24)23(16(22)25)13-2-4-14(5-3-13)26-17(18,19)20/h2-8H,9-10H2,1H3. The van der Waals surface area contributed by atoms with Gasteiger partial charge >= 0.3 is 12.4 Å². The number of benzene rings is 1. The lowest BCUT2D eigenvalue weighted by molar-refractivity contribution is -0.274. The molecule has 0 bridgehead atoms. The van der Waals surface area contributed by atoms with E-state index in [1.807, 2.05) is 13.0 Å². The van der Waals surface area contributed by atoms with Crippen LogP contribution in [-0.2, 0) is 11.3 Å². The van der Waals surface area contributed by atoms with E-state index in [1.165, 1.54) is 17.0 Å². The Kier molecular flexibility index (Phi) is 4.54. The van der Waals surface area contributed by atoms with Gasteiger partial charge in [0, 0.05) is 18.4 Å². The molecule has 0 aliphatic carbocycles. The van der Waals surface area contributed by atoms with Crippen LogP contribution in [0.25, 0.3) is 0 Å². The van der Waals surface area contributed by atoms with Crippen LogP contribution in [0.1, 0.15) is 11.3 Å². The van der Waals surface area contributed by atoms with Crippen LogP contribution in [0.2, 0.25) is 0 Å². The van der Waals surface area contributed by atoms with Crippen molar-refractivity contribution >= 4 is 17.6 Å². The molecule has 26 heavy (non-hydrogen) atoms. The lowest BCUT2D eigenvalue weighted by atomic mass is 10.2. The highest BCUT2D eigenvalue weighted by molar-refractivity contribution is 6.19. The molecule has 9 heteroatoms. The molecule has 1 aliphatic heterocycles. The van der Waals surface area contributed by atoms with Crippen molar-refractivity contribution in [2.45, 2.75) is 19.8 Å². The lowest BCUT2D eigenvalue weighted by Crippen LogP contribution is -2.32. The number of rotatable bonds is 4. The van der Waals surface area contributed by atoms with Crippen molar-refractivity contribution in [2.75, 3.05) is 11.4 Å².